The van der Waals surface area contributed by atoms with E-state index in [4.69, 9.17) is 10.2 Å². The van der Waals surface area contributed by atoms with Crippen molar-refractivity contribution in [1.82, 2.24) is 5.32 Å². The van der Waals surface area contributed by atoms with Gasteiger partial charge in [-0.15, -0.1) is 0 Å². The molecular weight excluding hydrogens is 222 g/mol. The maximum absolute atomic E-state index is 11.7. The molecule has 5 heteroatoms. The average Bonchev–Trinajstić information content (AvgIpc) is 2.29. The summed E-state index contributed by atoms with van der Waals surface area (Å²) in [4.78, 5) is 22.1. The lowest BCUT2D eigenvalue weighted by atomic mass is 9.82. The van der Waals surface area contributed by atoms with Crippen LogP contribution in [0.5, 0.6) is 0 Å². The van der Waals surface area contributed by atoms with Gasteiger partial charge in [0.05, 0.1) is 0 Å². The van der Waals surface area contributed by atoms with Crippen molar-refractivity contribution in [3.63, 3.8) is 0 Å². The predicted octanol–water partition coefficient (Wildman–Crippen LogP) is 0.764. The van der Waals surface area contributed by atoms with E-state index in [1.807, 2.05) is 0 Å². The summed E-state index contributed by atoms with van der Waals surface area (Å²) < 4.78 is 0. The molecule has 0 heterocycles. The highest BCUT2D eigenvalue weighted by Gasteiger charge is 2.24. The molecule has 98 valence electrons. The lowest BCUT2D eigenvalue weighted by molar-refractivity contribution is -0.147. The molecule has 1 aliphatic carbocycles. The Labute approximate surface area is 101 Å². The number of rotatable bonds is 5. The second-order valence-electron chi connectivity index (χ2n) is 4.89. The van der Waals surface area contributed by atoms with Gasteiger partial charge in [0, 0.05) is 18.9 Å². The topological polar surface area (TPSA) is 86.6 Å². The zero-order chi connectivity index (χ0) is 12.8. The molecule has 1 fully saturated rings. The van der Waals surface area contributed by atoms with Crippen LogP contribution in [0, 0.1) is 11.8 Å². The van der Waals surface area contributed by atoms with Crippen molar-refractivity contribution in [1.29, 1.82) is 0 Å². The molecule has 1 saturated carbocycles. The molecule has 1 aliphatic rings. The number of hydrogen-bond donors (Lipinski definition) is 3. The van der Waals surface area contributed by atoms with Crippen LogP contribution in [0.25, 0.3) is 0 Å². The molecule has 0 spiro atoms. The van der Waals surface area contributed by atoms with Crippen LogP contribution < -0.4 is 5.32 Å². The standard InChI is InChI=1S/C12H21NO4/c1-8-2-4-9(5-3-8)11(15)13-7-6-10(14)12(16)17/h8-10,14H,2-7H2,1H3,(H,13,15)(H,16,17). The van der Waals surface area contributed by atoms with E-state index in [-0.39, 0.29) is 24.8 Å². The van der Waals surface area contributed by atoms with Crippen molar-refractivity contribution >= 4 is 11.9 Å². The van der Waals surface area contributed by atoms with Crippen LogP contribution in [0.4, 0.5) is 0 Å². The number of carbonyl (C=O) groups is 2. The third-order valence-corrected chi connectivity index (χ3v) is 3.39. The number of aliphatic hydroxyl groups excluding tert-OH is 1. The molecule has 1 amide bonds. The highest BCUT2D eigenvalue weighted by Crippen LogP contribution is 2.28. The van der Waals surface area contributed by atoms with E-state index in [0.29, 0.717) is 5.92 Å². The smallest absolute Gasteiger partial charge is 0.332 e. The highest BCUT2D eigenvalue weighted by molar-refractivity contribution is 5.78. The maximum Gasteiger partial charge on any atom is 0.332 e. The monoisotopic (exact) mass is 243 g/mol. The first-order valence-corrected chi connectivity index (χ1v) is 6.19. The van der Waals surface area contributed by atoms with Gasteiger partial charge in [0.1, 0.15) is 0 Å². The Morgan fingerprint density at radius 2 is 1.88 bits per heavy atom. The van der Waals surface area contributed by atoms with Crippen molar-refractivity contribution in [2.24, 2.45) is 11.8 Å². The number of amides is 1. The van der Waals surface area contributed by atoms with Crippen molar-refractivity contribution in [3.8, 4) is 0 Å². The number of aliphatic carboxylic acids is 1. The largest absolute Gasteiger partial charge is 0.479 e. The molecule has 1 rings (SSSR count). The fourth-order valence-corrected chi connectivity index (χ4v) is 2.12. The molecule has 0 radical (unpaired) electrons. The van der Waals surface area contributed by atoms with Crippen LogP contribution >= 0.6 is 0 Å². The summed E-state index contributed by atoms with van der Waals surface area (Å²) in [5.41, 5.74) is 0. The lowest BCUT2D eigenvalue weighted by Gasteiger charge is -2.25. The van der Waals surface area contributed by atoms with E-state index in [2.05, 4.69) is 12.2 Å². The first kappa shape index (κ1) is 14.0. The van der Waals surface area contributed by atoms with E-state index in [9.17, 15) is 9.59 Å². The van der Waals surface area contributed by atoms with Gasteiger partial charge in [-0.1, -0.05) is 6.92 Å². The molecule has 0 aromatic rings. The minimum atomic E-state index is -1.39. The third-order valence-electron chi connectivity index (χ3n) is 3.39. The Hall–Kier alpha value is -1.10. The molecule has 0 aliphatic heterocycles. The quantitative estimate of drug-likeness (QED) is 0.665. The zero-order valence-electron chi connectivity index (χ0n) is 10.2. The Bertz CT molecular complexity index is 272. The summed E-state index contributed by atoms with van der Waals surface area (Å²) in [6, 6.07) is 0. The predicted molar refractivity (Wildman–Crippen MR) is 62.4 cm³/mol. The second-order valence-corrected chi connectivity index (χ2v) is 4.89. The average molecular weight is 243 g/mol. The van der Waals surface area contributed by atoms with Crippen molar-refractivity contribution in [3.05, 3.63) is 0 Å². The fourth-order valence-electron chi connectivity index (χ4n) is 2.12. The van der Waals surface area contributed by atoms with Crippen LogP contribution in [0.3, 0.4) is 0 Å². The molecule has 1 unspecified atom stereocenters. The summed E-state index contributed by atoms with van der Waals surface area (Å²) in [5, 5.41) is 20.2. The van der Waals surface area contributed by atoms with Gasteiger partial charge in [0.25, 0.3) is 0 Å². The van der Waals surface area contributed by atoms with Crippen molar-refractivity contribution < 1.29 is 19.8 Å². The van der Waals surface area contributed by atoms with Gasteiger partial charge in [-0.2, -0.15) is 0 Å². The van der Waals surface area contributed by atoms with E-state index < -0.39 is 12.1 Å². The Morgan fingerprint density at radius 1 is 1.29 bits per heavy atom. The summed E-state index contributed by atoms with van der Waals surface area (Å²) >= 11 is 0. The number of carboxylic acid groups (broad SMARTS) is 1. The molecule has 0 aromatic carbocycles. The van der Waals surface area contributed by atoms with E-state index >= 15 is 0 Å². The number of nitrogens with one attached hydrogen (secondary N) is 1. The van der Waals surface area contributed by atoms with Crippen molar-refractivity contribution in [2.45, 2.75) is 45.1 Å². The van der Waals surface area contributed by atoms with E-state index in [1.54, 1.807) is 0 Å². The first-order valence-electron chi connectivity index (χ1n) is 6.19. The number of hydrogen-bond acceptors (Lipinski definition) is 3. The minimum absolute atomic E-state index is 0.00510. The molecular formula is C12H21NO4. The normalized spacial score (nSPS) is 26.2. The Morgan fingerprint density at radius 3 is 2.41 bits per heavy atom. The van der Waals surface area contributed by atoms with Crippen LogP contribution in [0.1, 0.15) is 39.0 Å². The van der Waals surface area contributed by atoms with Gasteiger partial charge >= 0.3 is 5.97 Å². The SMILES string of the molecule is CC1CCC(C(=O)NCCC(O)C(=O)O)CC1. The van der Waals surface area contributed by atoms with Gasteiger partial charge in [-0.25, -0.2) is 4.79 Å². The van der Waals surface area contributed by atoms with Gasteiger partial charge in [-0.3, -0.25) is 4.79 Å². The van der Waals surface area contributed by atoms with Crippen molar-refractivity contribution in [2.75, 3.05) is 6.54 Å². The fraction of sp³-hybridized carbons (Fsp3) is 0.833. The van der Waals surface area contributed by atoms with Crippen LogP contribution in [0.2, 0.25) is 0 Å². The van der Waals surface area contributed by atoms with E-state index in [0.717, 1.165) is 25.7 Å². The molecule has 5 nitrogen and oxygen atoms in total. The molecule has 1 atom stereocenters. The molecule has 17 heavy (non-hydrogen) atoms. The molecule has 0 bridgehead atoms. The molecule has 3 N–H and O–H groups in total. The molecule has 0 aromatic heterocycles. The summed E-state index contributed by atoms with van der Waals surface area (Å²) in [6.07, 6.45) is 2.65. The number of carbonyl (C=O) groups excluding carboxylic acids is 1. The second kappa shape index (κ2) is 6.59. The highest BCUT2D eigenvalue weighted by atomic mass is 16.4. The summed E-state index contributed by atoms with van der Waals surface area (Å²) in [5.74, 6) is -0.485. The number of aliphatic hydroxyl groups is 1. The summed E-state index contributed by atoms with van der Waals surface area (Å²) in [6.45, 7) is 2.41. The third kappa shape index (κ3) is 4.73. The van der Waals surface area contributed by atoms with Crippen LogP contribution in [-0.4, -0.2) is 34.7 Å². The number of carboxylic acids is 1. The van der Waals surface area contributed by atoms with Crippen LogP contribution in [0.15, 0.2) is 0 Å². The van der Waals surface area contributed by atoms with Gasteiger partial charge in [-0.05, 0) is 31.6 Å². The van der Waals surface area contributed by atoms with Gasteiger partial charge in [0.15, 0.2) is 6.10 Å². The van der Waals surface area contributed by atoms with E-state index in [1.165, 1.54) is 0 Å². The van der Waals surface area contributed by atoms with Crippen LogP contribution in [-0.2, 0) is 9.59 Å². The Kier molecular flexibility index (Phi) is 5.41. The minimum Gasteiger partial charge on any atom is -0.479 e. The maximum atomic E-state index is 11.7. The van der Waals surface area contributed by atoms with Gasteiger partial charge in [0.2, 0.25) is 5.91 Å². The van der Waals surface area contributed by atoms with Gasteiger partial charge < -0.3 is 15.5 Å². The first-order chi connectivity index (χ1) is 8.00. The zero-order valence-corrected chi connectivity index (χ0v) is 10.2. The summed E-state index contributed by atoms with van der Waals surface area (Å²) in [7, 11) is 0. The molecule has 0 saturated heterocycles. The lowest BCUT2D eigenvalue weighted by Crippen LogP contribution is -2.35. The Balaban J connectivity index is 2.19.